The summed E-state index contributed by atoms with van der Waals surface area (Å²) in [5.74, 6) is 1.70. The normalized spacial score (nSPS) is 10.2. The summed E-state index contributed by atoms with van der Waals surface area (Å²) in [5, 5.41) is 0. The van der Waals surface area contributed by atoms with E-state index in [4.69, 9.17) is 4.74 Å². The van der Waals surface area contributed by atoms with Crippen LogP contribution in [0.2, 0.25) is 0 Å². The molecule has 2 aromatic heterocycles. The largest absolute Gasteiger partial charge is 0.484 e. The van der Waals surface area contributed by atoms with Crippen LogP contribution in [0.1, 0.15) is 12.7 Å². The molecular formula is C11H13N3O. The van der Waals surface area contributed by atoms with E-state index in [2.05, 4.69) is 21.5 Å². The third kappa shape index (κ3) is 2.34. The fourth-order valence-electron chi connectivity index (χ4n) is 1.35. The monoisotopic (exact) mass is 203 g/mol. The molecule has 4 nitrogen and oxygen atoms in total. The number of hydrogen-bond acceptors (Lipinski definition) is 3. The van der Waals surface area contributed by atoms with E-state index in [0.29, 0.717) is 6.61 Å². The number of rotatable bonds is 4. The molecule has 0 atom stereocenters. The second kappa shape index (κ2) is 4.59. The molecule has 0 saturated carbocycles. The molecule has 0 aromatic carbocycles. The molecule has 0 amide bonds. The van der Waals surface area contributed by atoms with Gasteiger partial charge in [0.15, 0.2) is 0 Å². The zero-order valence-corrected chi connectivity index (χ0v) is 8.63. The van der Waals surface area contributed by atoms with Gasteiger partial charge in [-0.1, -0.05) is 0 Å². The van der Waals surface area contributed by atoms with Gasteiger partial charge in [0.25, 0.3) is 0 Å². The Balaban J connectivity index is 1.99. The Morgan fingerprint density at radius 3 is 3.07 bits per heavy atom. The lowest BCUT2D eigenvalue weighted by atomic mass is 10.5. The lowest BCUT2D eigenvalue weighted by molar-refractivity contribution is 0.289. The van der Waals surface area contributed by atoms with Crippen molar-refractivity contribution in [2.75, 3.05) is 0 Å². The Morgan fingerprint density at radius 1 is 1.40 bits per heavy atom. The molecule has 78 valence electrons. The van der Waals surface area contributed by atoms with E-state index in [0.717, 1.165) is 18.1 Å². The summed E-state index contributed by atoms with van der Waals surface area (Å²) in [6.45, 7) is 3.47. The third-order valence-electron chi connectivity index (χ3n) is 2.14. The van der Waals surface area contributed by atoms with Crippen LogP contribution in [-0.4, -0.2) is 14.5 Å². The van der Waals surface area contributed by atoms with Gasteiger partial charge in [0, 0.05) is 25.1 Å². The molecule has 0 fully saturated rings. The lowest BCUT2D eigenvalue weighted by Crippen LogP contribution is -2.05. The molecule has 0 aliphatic carbocycles. The van der Waals surface area contributed by atoms with Crippen LogP contribution in [-0.2, 0) is 13.2 Å². The Morgan fingerprint density at radius 2 is 2.33 bits per heavy atom. The zero-order chi connectivity index (χ0) is 10.5. The van der Waals surface area contributed by atoms with E-state index in [-0.39, 0.29) is 0 Å². The van der Waals surface area contributed by atoms with Gasteiger partial charge in [0.05, 0.1) is 6.20 Å². The zero-order valence-electron chi connectivity index (χ0n) is 8.63. The van der Waals surface area contributed by atoms with Crippen LogP contribution in [0.5, 0.6) is 5.75 Å². The number of aryl methyl sites for hydroxylation is 1. The van der Waals surface area contributed by atoms with Crippen molar-refractivity contribution in [2.45, 2.75) is 20.1 Å². The van der Waals surface area contributed by atoms with Crippen molar-refractivity contribution in [3.63, 3.8) is 0 Å². The smallest absolute Gasteiger partial charge is 0.146 e. The third-order valence-corrected chi connectivity index (χ3v) is 2.14. The number of nitrogens with zero attached hydrogens (tertiary/aromatic N) is 3. The van der Waals surface area contributed by atoms with Gasteiger partial charge in [-0.15, -0.1) is 0 Å². The maximum atomic E-state index is 5.55. The first-order chi connectivity index (χ1) is 7.40. The average molecular weight is 203 g/mol. The van der Waals surface area contributed by atoms with Gasteiger partial charge in [-0.3, -0.25) is 4.98 Å². The molecule has 2 heterocycles. The molecular weight excluding hydrogens is 190 g/mol. The van der Waals surface area contributed by atoms with Crippen molar-refractivity contribution < 1.29 is 4.74 Å². The summed E-state index contributed by atoms with van der Waals surface area (Å²) < 4.78 is 7.60. The quantitative estimate of drug-likeness (QED) is 0.761. The molecule has 0 bridgehead atoms. The summed E-state index contributed by atoms with van der Waals surface area (Å²) in [6, 6.07) is 3.73. The van der Waals surface area contributed by atoms with Crippen LogP contribution in [0.4, 0.5) is 0 Å². The first-order valence-electron chi connectivity index (χ1n) is 4.93. The molecule has 2 rings (SSSR count). The summed E-state index contributed by atoms with van der Waals surface area (Å²) in [7, 11) is 0. The Labute approximate surface area is 88.6 Å². The van der Waals surface area contributed by atoms with Crippen molar-refractivity contribution in [3.05, 3.63) is 42.7 Å². The van der Waals surface area contributed by atoms with Gasteiger partial charge in [0.1, 0.15) is 18.2 Å². The predicted molar refractivity (Wildman–Crippen MR) is 56.5 cm³/mol. The van der Waals surface area contributed by atoms with Crippen molar-refractivity contribution in [2.24, 2.45) is 0 Å². The minimum absolute atomic E-state index is 0.479. The minimum atomic E-state index is 0.479. The summed E-state index contributed by atoms with van der Waals surface area (Å²) >= 11 is 0. The highest BCUT2D eigenvalue weighted by Crippen LogP contribution is 2.09. The molecule has 4 heteroatoms. The maximum Gasteiger partial charge on any atom is 0.146 e. The first-order valence-corrected chi connectivity index (χ1v) is 4.93. The van der Waals surface area contributed by atoms with Gasteiger partial charge in [-0.05, 0) is 19.1 Å². The Hall–Kier alpha value is -1.84. The van der Waals surface area contributed by atoms with Gasteiger partial charge in [-0.25, -0.2) is 4.98 Å². The molecule has 0 aliphatic rings. The fraction of sp³-hybridized carbons (Fsp3) is 0.273. The standard InChI is InChI=1S/C11H13N3O/c1-2-14-7-6-13-11(14)9-15-10-4-3-5-12-8-10/h3-8H,2,9H2,1H3. The number of imidazole rings is 1. The van der Waals surface area contributed by atoms with E-state index in [1.165, 1.54) is 0 Å². The summed E-state index contributed by atoms with van der Waals surface area (Å²) in [5.41, 5.74) is 0. The van der Waals surface area contributed by atoms with E-state index in [9.17, 15) is 0 Å². The van der Waals surface area contributed by atoms with E-state index in [1.54, 1.807) is 18.6 Å². The highest BCUT2D eigenvalue weighted by molar-refractivity contribution is 5.15. The van der Waals surface area contributed by atoms with Crippen molar-refractivity contribution >= 4 is 0 Å². The van der Waals surface area contributed by atoms with Crippen LogP contribution >= 0.6 is 0 Å². The minimum Gasteiger partial charge on any atom is -0.484 e. The summed E-state index contributed by atoms with van der Waals surface area (Å²) in [4.78, 5) is 8.19. The van der Waals surface area contributed by atoms with E-state index >= 15 is 0 Å². The van der Waals surface area contributed by atoms with Gasteiger partial charge in [-0.2, -0.15) is 0 Å². The van der Waals surface area contributed by atoms with Crippen LogP contribution in [0.15, 0.2) is 36.9 Å². The highest BCUT2D eigenvalue weighted by atomic mass is 16.5. The van der Waals surface area contributed by atoms with Gasteiger partial charge < -0.3 is 9.30 Å². The fourth-order valence-corrected chi connectivity index (χ4v) is 1.35. The molecule has 0 aliphatic heterocycles. The first kappa shape index (κ1) is 9.71. The van der Waals surface area contributed by atoms with Crippen molar-refractivity contribution in [1.29, 1.82) is 0 Å². The molecule has 0 N–H and O–H groups in total. The molecule has 0 unspecified atom stereocenters. The van der Waals surface area contributed by atoms with Gasteiger partial charge >= 0.3 is 0 Å². The summed E-state index contributed by atoms with van der Waals surface area (Å²) in [6.07, 6.45) is 7.15. The highest BCUT2D eigenvalue weighted by Gasteiger charge is 2.01. The number of aromatic nitrogens is 3. The van der Waals surface area contributed by atoms with Gasteiger partial charge in [0.2, 0.25) is 0 Å². The topological polar surface area (TPSA) is 39.9 Å². The van der Waals surface area contributed by atoms with Crippen molar-refractivity contribution in [1.82, 2.24) is 14.5 Å². The molecule has 2 aromatic rings. The predicted octanol–water partition coefficient (Wildman–Crippen LogP) is 1.88. The van der Waals surface area contributed by atoms with E-state index in [1.807, 2.05) is 18.3 Å². The van der Waals surface area contributed by atoms with Crippen LogP contribution in [0.3, 0.4) is 0 Å². The van der Waals surface area contributed by atoms with E-state index < -0.39 is 0 Å². The SMILES string of the molecule is CCn1ccnc1COc1cccnc1. The second-order valence-electron chi connectivity index (χ2n) is 3.11. The van der Waals surface area contributed by atoms with Crippen LogP contribution in [0.25, 0.3) is 0 Å². The Kier molecular flexibility index (Phi) is 2.97. The number of ether oxygens (including phenoxy) is 1. The van der Waals surface area contributed by atoms with Crippen molar-refractivity contribution in [3.8, 4) is 5.75 Å². The van der Waals surface area contributed by atoms with Crippen LogP contribution < -0.4 is 4.74 Å². The Bertz CT molecular complexity index is 411. The second-order valence-corrected chi connectivity index (χ2v) is 3.11. The molecule has 15 heavy (non-hydrogen) atoms. The maximum absolute atomic E-state index is 5.55. The molecule has 0 saturated heterocycles. The number of hydrogen-bond donors (Lipinski definition) is 0. The number of pyridine rings is 1. The molecule has 0 spiro atoms. The van der Waals surface area contributed by atoms with Crippen LogP contribution in [0, 0.1) is 0 Å². The lowest BCUT2D eigenvalue weighted by Gasteiger charge is -2.06. The molecule has 0 radical (unpaired) electrons. The average Bonchev–Trinajstić information content (AvgIpc) is 2.75.